The van der Waals surface area contributed by atoms with E-state index in [0.717, 1.165) is 17.2 Å². The lowest BCUT2D eigenvalue weighted by Gasteiger charge is -2.34. The molecule has 0 atom stereocenters. The summed E-state index contributed by atoms with van der Waals surface area (Å²) in [5.41, 5.74) is 2.55. The van der Waals surface area contributed by atoms with Gasteiger partial charge in [-0.05, 0) is 37.3 Å². The highest BCUT2D eigenvalue weighted by atomic mass is 35.5. The number of nitrogens with zero attached hydrogens (tertiary/aromatic N) is 4. The smallest absolute Gasteiger partial charge is 0.321 e. The fourth-order valence-corrected chi connectivity index (χ4v) is 3.50. The minimum absolute atomic E-state index is 0.131. The average molecular weight is 423 g/mol. The first kappa shape index (κ1) is 20.0. The number of amides is 2. The molecule has 2 amide bonds. The van der Waals surface area contributed by atoms with E-state index in [4.69, 9.17) is 11.6 Å². The number of hydrogen-bond acceptors (Lipinski definition) is 5. The zero-order valence-corrected chi connectivity index (χ0v) is 17.4. The molecule has 1 saturated heterocycles. The number of aromatic nitrogens is 2. The van der Waals surface area contributed by atoms with E-state index in [1.165, 1.54) is 0 Å². The number of anilines is 4. The van der Waals surface area contributed by atoms with Gasteiger partial charge in [-0.2, -0.15) is 4.98 Å². The molecule has 4 rings (SSSR count). The van der Waals surface area contributed by atoms with Crippen LogP contribution in [0.25, 0.3) is 0 Å². The minimum Gasteiger partial charge on any atom is -0.340 e. The third-order valence-electron chi connectivity index (χ3n) is 4.81. The molecule has 0 unspecified atom stereocenters. The van der Waals surface area contributed by atoms with Gasteiger partial charge >= 0.3 is 6.03 Å². The van der Waals surface area contributed by atoms with Gasteiger partial charge in [0.25, 0.3) is 0 Å². The topological polar surface area (TPSA) is 73.4 Å². The predicted molar refractivity (Wildman–Crippen MR) is 121 cm³/mol. The number of para-hydroxylation sites is 1. The molecule has 7 nitrogen and oxygen atoms in total. The zero-order valence-electron chi connectivity index (χ0n) is 16.7. The van der Waals surface area contributed by atoms with E-state index in [0.29, 0.717) is 42.8 Å². The second kappa shape index (κ2) is 9.00. The Kier molecular flexibility index (Phi) is 5.99. The third-order valence-corrected chi connectivity index (χ3v) is 5.05. The molecule has 30 heavy (non-hydrogen) atoms. The third kappa shape index (κ3) is 4.99. The van der Waals surface area contributed by atoms with Gasteiger partial charge in [0, 0.05) is 54.3 Å². The lowest BCUT2D eigenvalue weighted by atomic mass is 10.3. The summed E-state index contributed by atoms with van der Waals surface area (Å²) in [5, 5.41) is 6.81. The fraction of sp³-hybridized carbons (Fsp3) is 0.227. The van der Waals surface area contributed by atoms with Crippen LogP contribution in [-0.2, 0) is 0 Å². The van der Waals surface area contributed by atoms with Crippen molar-refractivity contribution >= 4 is 40.8 Å². The summed E-state index contributed by atoms with van der Waals surface area (Å²) in [6.45, 7) is 4.46. The van der Waals surface area contributed by atoms with Gasteiger partial charge in [0.2, 0.25) is 5.95 Å². The van der Waals surface area contributed by atoms with Crippen molar-refractivity contribution in [3.05, 3.63) is 71.4 Å². The van der Waals surface area contributed by atoms with Gasteiger partial charge in [-0.1, -0.05) is 35.9 Å². The highest BCUT2D eigenvalue weighted by Crippen LogP contribution is 2.20. The Morgan fingerprint density at radius 2 is 1.67 bits per heavy atom. The second-order valence-electron chi connectivity index (χ2n) is 7.10. The molecule has 0 spiro atoms. The van der Waals surface area contributed by atoms with Gasteiger partial charge in [0.15, 0.2) is 0 Å². The molecule has 0 bridgehead atoms. The maximum absolute atomic E-state index is 12.5. The van der Waals surface area contributed by atoms with Crippen LogP contribution in [0, 0.1) is 6.92 Å². The van der Waals surface area contributed by atoms with Crippen molar-refractivity contribution in [1.29, 1.82) is 0 Å². The van der Waals surface area contributed by atoms with Crippen molar-refractivity contribution in [2.75, 3.05) is 41.7 Å². The van der Waals surface area contributed by atoms with Gasteiger partial charge in [0.05, 0.1) is 0 Å². The molecule has 0 saturated carbocycles. The van der Waals surface area contributed by atoms with Gasteiger partial charge in [-0.15, -0.1) is 0 Å². The summed E-state index contributed by atoms with van der Waals surface area (Å²) in [6.07, 6.45) is 0. The van der Waals surface area contributed by atoms with Crippen LogP contribution in [0.4, 0.5) is 27.9 Å². The number of aryl methyl sites for hydroxylation is 1. The minimum atomic E-state index is -0.131. The van der Waals surface area contributed by atoms with Crippen LogP contribution in [0.5, 0.6) is 0 Å². The van der Waals surface area contributed by atoms with Crippen LogP contribution in [-0.4, -0.2) is 47.1 Å². The Hall–Kier alpha value is -3.32. The second-order valence-corrected chi connectivity index (χ2v) is 7.54. The summed E-state index contributed by atoms with van der Waals surface area (Å²) in [7, 11) is 0. The summed E-state index contributed by atoms with van der Waals surface area (Å²) < 4.78 is 0. The summed E-state index contributed by atoms with van der Waals surface area (Å²) in [6, 6.07) is 18.9. The van der Waals surface area contributed by atoms with E-state index in [1.807, 2.05) is 55.5 Å². The van der Waals surface area contributed by atoms with E-state index >= 15 is 0 Å². The maximum Gasteiger partial charge on any atom is 0.321 e. The standard InChI is InChI=1S/C22H23ClN6O/c1-16-14-20(25-18-7-3-2-4-8-18)27-21(24-16)28-10-12-29(13-11-28)22(30)26-19-9-5-6-17(23)15-19/h2-9,14-15H,10-13H2,1H3,(H,26,30)(H,24,25,27). The van der Waals surface area contributed by atoms with E-state index in [2.05, 4.69) is 25.5 Å². The highest BCUT2D eigenvalue weighted by molar-refractivity contribution is 6.30. The Balaban J connectivity index is 1.38. The molecular formula is C22H23ClN6O. The fourth-order valence-electron chi connectivity index (χ4n) is 3.31. The molecular weight excluding hydrogens is 400 g/mol. The van der Waals surface area contributed by atoms with Crippen LogP contribution in [0.3, 0.4) is 0 Å². The normalized spacial score (nSPS) is 13.8. The molecule has 8 heteroatoms. The lowest BCUT2D eigenvalue weighted by Crippen LogP contribution is -2.50. The van der Waals surface area contributed by atoms with Crippen LogP contribution in [0.15, 0.2) is 60.7 Å². The van der Waals surface area contributed by atoms with Crippen LogP contribution >= 0.6 is 11.6 Å². The first-order valence-electron chi connectivity index (χ1n) is 9.81. The van der Waals surface area contributed by atoms with Crippen LogP contribution < -0.4 is 15.5 Å². The molecule has 0 aliphatic carbocycles. The van der Waals surface area contributed by atoms with Gasteiger partial charge < -0.3 is 20.4 Å². The molecule has 2 N–H and O–H groups in total. The number of rotatable bonds is 4. The van der Waals surface area contributed by atoms with Gasteiger partial charge in [0.1, 0.15) is 5.82 Å². The molecule has 0 radical (unpaired) electrons. The van der Waals surface area contributed by atoms with Crippen LogP contribution in [0.2, 0.25) is 5.02 Å². The van der Waals surface area contributed by atoms with Crippen molar-refractivity contribution in [2.24, 2.45) is 0 Å². The van der Waals surface area contributed by atoms with Crippen molar-refractivity contribution in [1.82, 2.24) is 14.9 Å². The van der Waals surface area contributed by atoms with E-state index in [9.17, 15) is 4.79 Å². The molecule has 1 aliphatic rings. The van der Waals surface area contributed by atoms with E-state index < -0.39 is 0 Å². The number of halogens is 1. The van der Waals surface area contributed by atoms with Crippen molar-refractivity contribution in [3.8, 4) is 0 Å². The molecule has 1 fully saturated rings. The monoisotopic (exact) mass is 422 g/mol. The van der Waals surface area contributed by atoms with Gasteiger partial charge in [-0.3, -0.25) is 0 Å². The molecule has 1 aromatic heterocycles. The highest BCUT2D eigenvalue weighted by Gasteiger charge is 2.23. The average Bonchev–Trinajstić information content (AvgIpc) is 2.74. The summed E-state index contributed by atoms with van der Waals surface area (Å²) in [4.78, 5) is 25.7. The SMILES string of the molecule is Cc1cc(Nc2ccccc2)nc(N2CCN(C(=O)Nc3cccc(Cl)c3)CC2)n1. The first-order valence-corrected chi connectivity index (χ1v) is 10.2. The Labute approximate surface area is 180 Å². The number of urea groups is 1. The van der Waals surface area contributed by atoms with Crippen LogP contribution in [0.1, 0.15) is 5.69 Å². The number of nitrogens with one attached hydrogen (secondary N) is 2. The largest absolute Gasteiger partial charge is 0.340 e. The Bertz CT molecular complexity index is 1020. The summed E-state index contributed by atoms with van der Waals surface area (Å²) >= 11 is 5.99. The molecule has 2 heterocycles. The summed E-state index contributed by atoms with van der Waals surface area (Å²) in [5.74, 6) is 1.42. The number of carbonyl (C=O) groups is 1. The zero-order chi connectivity index (χ0) is 20.9. The number of piperazine rings is 1. The van der Waals surface area contributed by atoms with Crippen molar-refractivity contribution < 1.29 is 4.79 Å². The first-order chi connectivity index (χ1) is 14.6. The van der Waals surface area contributed by atoms with Gasteiger partial charge in [-0.25, -0.2) is 9.78 Å². The number of carbonyl (C=O) groups excluding carboxylic acids is 1. The number of benzene rings is 2. The number of hydrogen-bond donors (Lipinski definition) is 2. The lowest BCUT2D eigenvalue weighted by molar-refractivity contribution is 0.208. The van der Waals surface area contributed by atoms with E-state index in [1.54, 1.807) is 17.0 Å². The molecule has 3 aromatic rings. The Morgan fingerprint density at radius 3 is 2.40 bits per heavy atom. The Morgan fingerprint density at radius 1 is 0.933 bits per heavy atom. The molecule has 154 valence electrons. The van der Waals surface area contributed by atoms with Crippen molar-refractivity contribution in [3.63, 3.8) is 0 Å². The van der Waals surface area contributed by atoms with Crippen molar-refractivity contribution in [2.45, 2.75) is 6.92 Å². The maximum atomic E-state index is 12.5. The quantitative estimate of drug-likeness (QED) is 0.645. The predicted octanol–water partition coefficient (Wildman–Crippen LogP) is 4.54. The molecule has 2 aromatic carbocycles. The molecule has 1 aliphatic heterocycles. The van der Waals surface area contributed by atoms with E-state index in [-0.39, 0.29) is 6.03 Å².